The maximum absolute atomic E-state index is 7.00. The molecule has 1 saturated heterocycles. The van der Waals surface area contributed by atoms with E-state index in [0.29, 0.717) is 6.10 Å². The third kappa shape index (κ3) is 34.7. The summed E-state index contributed by atoms with van der Waals surface area (Å²) in [5, 5.41) is 7.00. The van der Waals surface area contributed by atoms with Gasteiger partial charge < -0.3 is 9.84 Å². The molecule has 1 N–H and O–H groups in total. The van der Waals surface area contributed by atoms with E-state index in [1.165, 1.54) is 0 Å². The molecule has 1 heterocycles. The monoisotopic (exact) mass is 132 g/mol. The van der Waals surface area contributed by atoms with E-state index in [-0.39, 0.29) is 0 Å². The highest BCUT2D eigenvalue weighted by molar-refractivity contribution is 4.58. The maximum atomic E-state index is 7.00. The summed E-state index contributed by atoms with van der Waals surface area (Å²) in [6.45, 7) is 8.29. The minimum absolute atomic E-state index is 0.583. The predicted molar refractivity (Wildman–Crippen MR) is 39.4 cm³/mol. The Morgan fingerprint density at radius 1 is 1.67 bits per heavy atom. The van der Waals surface area contributed by atoms with Crippen LogP contribution in [0.2, 0.25) is 0 Å². The quantitative estimate of drug-likeness (QED) is 0.397. The molecular formula is C7H16O2. The lowest BCUT2D eigenvalue weighted by Gasteiger charge is -1.50. The topological polar surface area (TPSA) is 32.8 Å². The molecule has 1 aliphatic rings. The number of hydrogen-bond donors (Lipinski definition) is 1. The van der Waals surface area contributed by atoms with Crippen LogP contribution in [0.5, 0.6) is 0 Å². The van der Waals surface area contributed by atoms with Gasteiger partial charge in [0.1, 0.15) is 0 Å². The van der Waals surface area contributed by atoms with Gasteiger partial charge in [-0.3, -0.25) is 0 Å². The standard InChI is InChI=1S/C3H6O.C3H6.CH4O/c1-3-2-4-3;1-3-2;1-2/h3H,2H2,1H3;3H,1H2,2H3;2H,1H3. The van der Waals surface area contributed by atoms with Crippen LogP contribution in [0, 0.1) is 0 Å². The molecule has 2 heteroatoms. The normalized spacial score (nSPS) is 19.8. The molecule has 2 nitrogen and oxygen atoms in total. The first-order valence-corrected chi connectivity index (χ1v) is 2.94. The molecule has 0 aliphatic carbocycles. The third-order valence-corrected chi connectivity index (χ3v) is 0.500. The Labute approximate surface area is 57.2 Å². The number of aliphatic hydroxyl groups is 1. The first-order valence-electron chi connectivity index (χ1n) is 2.94. The van der Waals surface area contributed by atoms with Crippen molar-refractivity contribution < 1.29 is 9.84 Å². The van der Waals surface area contributed by atoms with E-state index in [1.807, 2.05) is 6.92 Å². The van der Waals surface area contributed by atoms with Gasteiger partial charge in [-0.15, -0.1) is 6.58 Å². The Bertz CT molecular complexity index is 48.9. The lowest BCUT2D eigenvalue weighted by atomic mass is 10.6. The van der Waals surface area contributed by atoms with Crippen molar-refractivity contribution in [3.8, 4) is 0 Å². The highest BCUT2D eigenvalue weighted by Crippen LogP contribution is 2.04. The van der Waals surface area contributed by atoms with Crippen LogP contribution in [-0.4, -0.2) is 24.9 Å². The Morgan fingerprint density at radius 2 is 1.78 bits per heavy atom. The second-order valence-electron chi connectivity index (χ2n) is 1.55. The SMILES string of the molecule is C=CC.CC1CO1.CO. The first-order chi connectivity index (χ1) is 4.31. The minimum Gasteiger partial charge on any atom is -0.400 e. The lowest BCUT2D eigenvalue weighted by molar-refractivity contribution is 0.399. The van der Waals surface area contributed by atoms with Crippen LogP contribution in [0.1, 0.15) is 13.8 Å². The summed E-state index contributed by atoms with van der Waals surface area (Å²) in [6, 6.07) is 0. The van der Waals surface area contributed by atoms with E-state index in [4.69, 9.17) is 9.84 Å². The Morgan fingerprint density at radius 3 is 1.78 bits per heavy atom. The van der Waals surface area contributed by atoms with Crippen LogP contribution in [0.4, 0.5) is 0 Å². The van der Waals surface area contributed by atoms with E-state index >= 15 is 0 Å². The van der Waals surface area contributed by atoms with Crippen molar-refractivity contribution in [2.45, 2.75) is 20.0 Å². The number of hydrogen-bond acceptors (Lipinski definition) is 2. The molecule has 1 fully saturated rings. The maximum Gasteiger partial charge on any atom is 0.0781 e. The van der Waals surface area contributed by atoms with E-state index in [1.54, 1.807) is 6.08 Å². The largest absolute Gasteiger partial charge is 0.400 e. The van der Waals surface area contributed by atoms with Crippen LogP contribution >= 0.6 is 0 Å². The first kappa shape index (κ1) is 11.5. The van der Waals surface area contributed by atoms with E-state index in [9.17, 15) is 0 Å². The third-order valence-electron chi connectivity index (χ3n) is 0.500. The van der Waals surface area contributed by atoms with Gasteiger partial charge in [0.15, 0.2) is 0 Å². The summed E-state index contributed by atoms with van der Waals surface area (Å²) >= 11 is 0. The molecule has 1 atom stereocenters. The van der Waals surface area contributed by atoms with Gasteiger partial charge in [0, 0.05) is 7.11 Å². The van der Waals surface area contributed by atoms with Gasteiger partial charge in [0.2, 0.25) is 0 Å². The van der Waals surface area contributed by atoms with Crippen molar-refractivity contribution in [1.29, 1.82) is 0 Å². The van der Waals surface area contributed by atoms with Crippen molar-refractivity contribution >= 4 is 0 Å². The summed E-state index contributed by atoms with van der Waals surface area (Å²) in [5.41, 5.74) is 0. The number of allylic oxidation sites excluding steroid dienone is 1. The van der Waals surface area contributed by atoms with Gasteiger partial charge in [0.05, 0.1) is 12.7 Å². The second kappa shape index (κ2) is 10.6. The molecule has 1 aliphatic heterocycles. The summed E-state index contributed by atoms with van der Waals surface area (Å²) in [6.07, 6.45) is 2.33. The molecule has 1 rings (SSSR count). The van der Waals surface area contributed by atoms with E-state index in [0.717, 1.165) is 13.7 Å². The number of aliphatic hydroxyl groups excluding tert-OH is 1. The molecule has 0 aromatic rings. The fourth-order valence-corrected chi connectivity index (χ4v) is 0.0962. The molecule has 0 bridgehead atoms. The van der Waals surface area contributed by atoms with E-state index < -0.39 is 0 Å². The number of rotatable bonds is 0. The minimum atomic E-state index is 0.583. The van der Waals surface area contributed by atoms with Crippen molar-refractivity contribution in [2.24, 2.45) is 0 Å². The number of epoxide rings is 1. The summed E-state index contributed by atoms with van der Waals surface area (Å²) in [4.78, 5) is 0. The van der Waals surface area contributed by atoms with Gasteiger partial charge in [-0.25, -0.2) is 0 Å². The number of ether oxygens (including phenoxy) is 1. The summed E-state index contributed by atoms with van der Waals surface area (Å²) in [7, 11) is 1.00. The Hall–Kier alpha value is -0.340. The van der Waals surface area contributed by atoms with Gasteiger partial charge in [-0.05, 0) is 13.8 Å². The van der Waals surface area contributed by atoms with Gasteiger partial charge in [-0.2, -0.15) is 0 Å². The van der Waals surface area contributed by atoms with E-state index in [2.05, 4.69) is 13.5 Å². The molecule has 56 valence electrons. The molecule has 0 spiro atoms. The molecule has 0 saturated carbocycles. The summed E-state index contributed by atoms with van der Waals surface area (Å²) in [5.74, 6) is 0. The zero-order chi connectivity index (χ0) is 7.70. The Balaban J connectivity index is 0. The fourth-order valence-electron chi connectivity index (χ4n) is 0.0962. The van der Waals surface area contributed by atoms with Crippen molar-refractivity contribution in [3.63, 3.8) is 0 Å². The molecule has 0 aromatic heterocycles. The van der Waals surface area contributed by atoms with Crippen LogP contribution in [0.3, 0.4) is 0 Å². The highest BCUT2D eigenvalue weighted by Gasteiger charge is 2.13. The van der Waals surface area contributed by atoms with Crippen molar-refractivity contribution in [2.75, 3.05) is 13.7 Å². The lowest BCUT2D eigenvalue weighted by Crippen LogP contribution is -1.60. The van der Waals surface area contributed by atoms with Gasteiger partial charge >= 0.3 is 0 Å². The second-order valence-corrected chi connectivity index (χ2v) is 1.55. The average Bonchev–Trinajstić information content (AvgIpc) is 2.59. The van der Waals surface area contributed by atoms with Crippen LogP contribution in [-0.2, 0) is 4.74 Å². The highest BCUT2D eigenvalue weighted by atomic mass is 16.6. The van der Waals surface area contributed by atoms with Crippen LogP contribution in [0.25, 0.3) is 0 Å². The molecular weight excluding hydrogens is 116 g/mol. The zero-order valence-electron chi connectivity index (χ0n) is 6.42. The molecule has 9 heavy (non-hydrogen) atoms. The zero-order valence-corrected chi connectivity index (χ0v) is 6.42. The van der Waals surface area contributed by atoms with Gasteiger partial charge in [-0.1, -0.05) is 6.08 Å². The smallest absolute Gasteiger partial charge is 0.0781 e. The summed E-state index contributed by atoms with van der Waals surface area (Å²) < 4.78 is 4.71. The average molecular weight is 132 g/mol. The molecule has 1 unspecified atom stereocenters. The van der Waals surface area contributed by atoms with Crippen LogP contribution in [0.15, 0.2) is 12.7 Å². The van der Waals surface area contributed by atoms with Crippen LogP contribution < -0.4 is 0 Å². The van der Waals surface area contributed by atoms with Gasteiger partial charge in [0.25, 0.3) is 0 Å². The molecule has 0 aromatic carbocycles. The fraction of sp³-hybridized carbons (Fsp3) is 0.714. The predicted octanol–water partition coefficient (Wildman–Crippen LogP) is 1.21. The van der Waals surface area contributed by atoms with Crippen molar-refractivity contribution in [1.82, 2.24) is 0 Å². The molecule has 0 radical (unpaired) electrons. The van der Waals surface area contributed by atoms with Crippen molar-refractivity contribution in [3.05, 3.63) is 12.7 Å². The molecule has 0 amide bonds. The Kier molecular flexibility index (Phi) is 13.5.